The Bertz CT molecular complexity index is 693. The molecule has 0 saturated heterocycles. The van der Waals surface area contributed by atoms with E-state index in [1.807, 2.05) is 6.92 Å². The maximum absolute atomic E-state index is 12.3. The number of sulfonamides is 1. The first-order valence-corrected chi connectivity index (χ1v) is 8.58. The third-order valence-corrected chi connectivity index (χ3v) is 5.54. The van der Waals surface area contributed by atoms with E-state index in [0.717, 1.165) is 4.31 Å². The molecule has 0 fully saturated rings. The van der Waals surface area contributed by atoms with Gasteiger partial charge in [-0.15, -0.1) is 0 Å². The molecule has 23 heavy (non-hydrogen) atoms. The van der Waals surface area contributed by atoms with Crippen molar-refractivity contribution in [1.29, 1.82) is 0 Å². The second kappa shape index (κ2) is 7.14. The van der Waals surface area contributed by atoms with Crippen molar-refractivity contribution in [2.45, 2.75) is 31.2 Å². The van der Waals surface area contributed by atoms with Gasteiger partial charge in [0.1, 0.15) is 16.6 Å². The monoisotopic (exact) mass is 345 g/mol. The summed E-state index contributed by atoms with van der Waals surface area (Å²) in [4.78, 5) is 23.6. The van der Waals surface area contributed by atoms with E-state index in [1.54, 1.807) is 6.92 Å². The summed E-state index contributed by atoms with van der Waals surface area (Å²) in [5, 5.41) is 11.7. The van der Waals surface area contributed by atoms with Crippen LogP contribution in [-0.2, 0) is 21.9 Å². The molecule has 2 atom stereocenters. The number of carbonyl (C=O) groups excluding carboxylic acids is 1. The van der Waals surface area contributed by atoms with Crippen LogP contribution in [0.2, 0.25) is 0 Å². The highest BCUT2D eigenvalue weighted by Gasteiger charge is 2.28. The topological polar surface area (TPSA) is 109 Å². The first-order valence-electron chi connectivity index (χ1n) is 7.14. The molecule has 2 unspecified atom stereocenters. The first kappa shape index (κ1) is 19.2. The van der Waals surface area contributed by atoms with Crippen molar-refractivity contribution in [1.82, 2.24) is 14.2 Å². The standard InChI is InChI=1S/C14H23N3O5S/c1-6-9(2)12(14(19)20)15-13(18)11-7-10(8-17(11)5)23(21,22)16(3)4/h7-9,12H,6H2,1-5H3,(H,15,18)(H,19,20). The maximum atomic E-state index is 12.3. The van der Waals surface area contributed by atoms with E-state index in [9.17, 15) is 23.1 Å². The lowest BCUT2D eigenvalue weighted by atomic mass is 9.99. The molecule has 0 radical (unpaired) electrons. The Balaban J connectivity index is 3.11. The quantitative estimate of drug-likeness (QED) is 0.748. The summed E-state index contributed by atoms with van der Waals surface area (Å²) in [5.41, 5.74) is 0.0833. The number of hydrogen-bond donors (Lipinski definition) is 2. The summed E-state index contributed by atoms with van der Waals surface area (Å²) in [6.45, 7) is 3.56. The van der Waals surface area contributed by atoms with Gasteiger partial charge in [0, 0.05) is 27.3 Å². The third kappa shape index (κ3) is 4.11. The molecule has 1 heterocycles. The molecule has 0 spiro atoms. The second-order valence-corrected chi connectivity index (χ2v) is 7.79. The average Bonchev–Trinajstić information content (AvgIpc) is 2.85. The van der Waals surface area contributed by atoms with Crippen LogP contribution in [0, 0.1) is 5.92 Å². The second-order valence-electron chi connectivity index (χ2n) is 5.63. The van der Waals surface area contributed by atoms with Crippen LogP contribution in [0.25, 0.3) is 0 Å². The normalized spacial score (nSPS) is 14.5. The number of amides is 1. The van der Waals surface area contributed by atoms with Crippen LogP contribution >= 0.6 is 0 Å². The van der Waals surface area contributed by atoms with Crippen LogP contribution in [0.15, 0.2) is 17.2 Å². The molecule has 2 N–H and O–H groups in total. The van der Waals surface area contributed by atoms with E-state index in [1.165, 1.54) is 38.0 Å². The number of aliphatic carboxylic acids is 1. The zero-order valence-corrected chi connectivity index (χ0v) is 14.7. The lowest BCUT2D eigenvalue weighted by Crippen LogP contribution is -2.45. The summed E-state index contributed by atoms with van der Waals surface area (Å²) in [6, 6.07) is 0.205. The number of carbonyl (C=O) groups is 2. The Labute approximate surface area is 136 Å². The molecule has 0 aliphatic rings. The lowest BCUT2D eigenvalue weighted by molar-refractivity contribution is -0.140. The number of carboxylic acids is 1. The van der Waals surface area contributed by atoms with Crippen LogP contribution in [0.3, 0.4) is 0 Å². The smallest absolute Gasteiger partial charge is 0.326 e. The van der Waals surface area contributed by atoms with Crippen molar-refractivity contribution in [3.63, 3.8) is 0 Å². The lowest BCUT2D eigenvalue weighted by Gasteiger charge is -2.20. The van der Waals surface area contributed by atoms with Gasteiger partial charge in [-0.1, -0.05) is 20.3 Å². The highest BCUT2D eigenvalue weighted by atomic mass is 32.2. The van der Waals surface area contributed by atoms with Gasteiger partial charge in [0.25, 0.3) is 5.91 Å². The van der Waals surface area contributed by atoms with Crippen LogP contribution in [-0.4, -0.2) is 54.4 Å². The molecule has 130 valence electrons. The van der Waals surface area contributed by atoms with Crippen molar-refractivity contribution in [3.8, 4) is 0 Å². The van der Waals surface area contributed by atoms with Crippen molar-refractivity contribution in [3.05, 3.63) is 18.0 Å². The minimum Gasteiger partial charge on any atom is -0.480 e. The van der Waals surface area contributed by atoms with E-state index >= 15 is 0 Å². The van der Waals surface area contributed by atoms with E-state index in [0.29, 0.717) is 6.42 Å². The van der Waals surface area contributed by atoms with E-state index in [4.69, 9.17) is 0 Å². The van der Waals surface area contributed by atoms with Gasteiger partial charge in [-0.2, -0.15) is 0 Å². The number of aryl methyl sites for hydroxylation is 1. The Morgan fingerprint density at radius 2 is 1.96 bits per heavy atom. The van der Waals surface area contributed by atoms with E-state index in [2.05, 4.69) is 5.32 Å². The highest BCUT2D eigenvalue weighted by molar-refractivity contribution is 7.89. The number of nitrogens with one attached hydrogen (secondary N) is 1. The van der Waals surface area contributed by atoms with Crippen molar-refractivity contribution < 1.29 is 23.1 Å². The first-order chi connectivity index (χ1) is 10.5. The fourth-order valence-corrected chi connectivity index (χ4v) is 2.98. The van der Waals surface area contributed by atoms with Gasteiger partial charge in [0.15, 0.2) is 0 Å². The minimum absolute atomic E-state index is 0.0226. The summed E-state index contributed by atoms with van der Waals surface area (Å²) < 4.78 is 26.6. The van der Waals surface area contributed by atoms with Crippen molar-refractivity contribution in [2.75, 3.05) is 14.1 Å². The maximum Gasteiger partial charge on any atom is 0.326 e. The molecule has 0 aliphatic carbocycles. The molecule has 0 aliphatic heterocycles. The van der Waals surface area contributed by atoms with Gasteiger partial charge in [0.2, 0.25) is 10.0 Å². The summed E-state index contributed by atoms with van der Waals surface area (Å²) in [5.74, 6) is -2.00. The molecule has 1 amide bonds. The van der Waals surface area contributed by atoms with Gasteiger partial charge in [0.05, 0.1) is 0 Å². The number of aromatic nitrogens is 1. The van der Waals surface area contributed by atoms with Crippen LogP contribution in [0.1, 0.15) is 30.8 Å². The number of hydrogen-bond acceptors (Lipinski definition) is 4. The third-order valence-electron chi connectivity index (χ3n) is 3.76. The van der Waals surface area contributed by atoms with Crippen molar-refractivity contribution in [2.24, 2.45) is 13.0 Å². The summed E-state index contributed by atoms with van der Waals surface area (Å²) in [6.07, 6.45) is 1.91. The Morgan fingerprint density at radius 1 is 1.39 bits per heavy atom. The molecule has 9 heteroatoms. The van der Waals surface area contributed by atoms with Gasteiger partial charge in [-0.05, 0) is 12.0 Å². The SMILES string of the molecule is CCC(C)C(NC(=O)c1cc(S(=O)(=O)N(C)C)cn1C)C(=O)O. The summed E-state index contributed by atoms with van der Waals surface area (Å²) >= 11 is 0. The number of rotatable bonds is 7. The highest BCUT2D eigenvalue weighted by Crippen LogP contribution is 2.17. The Hall–Kier alpha value is -1.87. The minimum atomic E-state index is -3.66. The molecule has 0 bridgehead atoms. The molecule has 0 aromatic carbocycles. The molecule has 1 aromatic rings. The average molecular weight is 345 g/mol. The van der Waals surface area contributed by atoms with Crippen molar-refractivity contribution >= 4 is 21.9 Å². The van der Waals surface area contributed by atoms with Gasteiger partial charge in [-0.3, -0.25) is 4.79 Å². The molecule has 1 aromatic heterocycles. The molecule has 1 rings (SSSR count). The number of carboxylic acid groups (broad SMARTS) is 1. The summed E-state index contributed by atoms with van der Waals surface area (Å²) in [7, 11) is 0.657. The molecular weight excluding hydrogens is 322 g/mol. The van der Waals surface area contributed by atoms with Gasteiger partial charge in [-0.25, -0.2) is 17.5 Å². The van der Waals surface area contributed by atoms with Crippen LogP contribution < -0.4 is 5.32 Å². The predicted octanol–water partition coefficient (Wildman–Crippen LogP) is 0.505. The predicted molar refractivity (Wildman–Crippen MR) is 84.6 cm³/mol. The van der Waals surface area contributed by atoms with Gasteiger partial charge >= 0.3 is 5.97 Å². The molecule has 8 nitrogen and oxygen atoms in total. The fourth-order valence-electron chi connectivity index (χ4n) is 2.01. The van der Waals surface area contributed by atoms with Crippen LogP contribution in [0.5, 0.6) is 0 Å². The molecular formula is C14H23N3O5S. The van der Waals surface area contributed by atoms with Crippen LogP contribution in [0.4, 0.5) is 0 Å². The number of nitrogens with zero attached hydrogens (tertiary/aromatic N) is 2. The van der Waals surface area contributed by atoms with E-state index < -0.39 is 27.9 Å². The Kier molecular flexibility index (Phi) is 5.95. The Morgan fingerprint density at radius 3 is 2.39 bits per heavy atom. The zero-order valence-electron chi connectivity index (χ0n) is 13.9. The van der Waals surface area contributed by atoms with Gasteiger partial charge < -0.3 is 15.0 Å². The molecule has 0 saturated carbocycles. The fraction of sp³-hybridized carbons (Fsp3) is 0.571. The largest absolute Gasteiger partial charge is 0.480 e. The zero-order chi connectivity index (χ0) is 17.9. The van der Waals surface area contributed by atoms with E-state index in [-0.39, 0.29) is 16.5 Å².